The molecular formula is C26H25N3O4S. The van der Waals surface area contributed by atoms with Gasteiger partial charge in [0.05, 0.1) is 5.69 Å². The zero-order valence-electron chi connectivity index (χ0n) is 19.4. The molecular weight excluding hydrogens is 450 g/mol. The van der Waals surface area contributed by atoms with Crippen LogP contribution in [0.1, 0.15) is 35.1 Å². The molecule has 7 nitrogen and oxygen atoms in total. The molecule has 0 fully saturated rings. The summed E-state index contributed by atoms with van der Waals surface area (Å²) in [6, 6.07) is 14.9. The molecule has 0 aliphatic rings. The Hall–Kier alpha value is -3.78. The van der Waals surface area contributed by atoms with Gasteiger partial charge in [0, 0.05) is 23.4 Å². The summed E-state index contributed by atoms with van der Waals surface area (Å²) in [5, 5.41) is 6.11. The molecule has 4 rings (SSSR count). The van der Waals surface area contributed by atoms with E-state index in [-0.39, 0.29) is 17.7 Å². The number of aryl methyl sites for hydroxylation is 2. The van der Waals surface area contributed by atoms with Crippen molar-refractivity contribution in [2.75, 3.05) is 5.32 Å². The van der Waals surface area contributed by atoms with Crippen molar-refractivity contribution < 1.29 is 14.3 Å². The topological polar surface area (TPSA) is 90.3 Å². The van der Waals surface area contributed by atoms with Crippen LogP contribution in [-0.4, -0.2) is 27.5 Å². The fourth-order valence-corrected chi connectivity index (χ4v) is 4.51. The molecule has 174 valence electrons. The normalized spacial score (nSPS) is 11.9. The van der Waals surface area contributed by atoms with Gasteiger partial charge in [0.1, 0.15) is 5.69 Å². The Balaban J connectivity index is 1.78. The second kappa shape index (κ2) is 9.61. The first kappa shape index (κ1) is 23.4. The standard InChI is InChI=1S/C26H25N3O4S/c1-5-20(23(30)28-26-27-16(3)14-34-26)33-25(32)22-21(17-12-10-15(2)11-13-17)18-8-6-7-9-19(18)24(31)29(22)4/h6-14,20H,5H2,1-4H3,(H,27,28,30). The van der Waals surface area contributed by atoms with Crippen molar-refractivity contribution in [3.63, 3.8) is 0 Å². The Morgan fingerprint density at radius 3 is 2.38 bits per heavy atom. The molecule has 34 heavy (non-hydrogen) atoms. The summed E-state index contributed by atoms with van der Waals surface area (Å²) in [5.74, 6) is -1.20. The van der Waals surface area contributed by atoms with Crippen LogP contribution in [0.3, 0.4) is 0 Å². The van der Waals surface area contributed by atoms with E-state index in [2.05, 4.69) is 10.3 Å². The highest BCUT2D eigenvalue weighted by molar-refractivity contribution is 7.13. The molecule has 0 saturated carbocycles. The Labute approximate surface area is 201 Å². The van der Waals surface area contributed by atoms with Gasteiger partial charge in [0.25, 0.3) is 11.5 Å². The number of benzene rings is 2. The van der Waals surface area contributed by atoms with Crippen LogP contribution in [0.5, 0.6) is 0 Å². The number of esters is 1. The van der Waals surface area contributed by atoms with Crippen LogP contribution in [0.2, 0.25) is 0 Å². The summed E-state index contributed by atoms with van der Waals surface area (Å²) >= 11 is 1.30. The van der Waals surface area contributed by atoms with Gasteiger partial charge in [-0.25, -0.2) is 9.78 Å². The molecule has 1 amide bonds. The van der Waals surface area contributed by atoms with Crippen molar-refractivity contribution in [1.29, 1.82) is 0 Å². The van der Waals surface area contributed by atoms with Crippen LogP contribution in [-0.2, 0) is 16.6 Å². The summed E-state index contributed by atoms with van der Waals surface area (Å²) in [7, 11) is 1.54. The molecule has 0 radical (unpaired) electrons. The maximum absolute atomic E-state index is 13.5. The highest BCUT2D eigenvalue weighted by Crippen LogP contribution is 2.31. The summed E-state index contributed by atoms with van der Waals surface area (Å²) in [4.78, 5) is 43.6. The van der Waals surface area contributed by atoms with E-state index in [0.717, 1.165) is 16.8 Å². The van der Waals surface area contributed by atoms with E-state index in [1.54, 1.807) is 26.1 Å². The highest BCUT2D eigenvalue weighted by atomic mass is 32.1. The van der Waals surface area contributed by atoms with E-state index in [1.165, 1.54) is 15.9 Å². The molecule has 0 aliphatic carbocycles. The van der Waals surface area contributed by atoms with Gasteiger partial charge in [-0.05, 0) is 37.3 Å². The number of pyridine rings is 1. The maximum atomic E-state index is 13.5. The predicted octanol–water partition coefficient (Wildman–Crippen LogP) is 4.85. The number of carbonyl (C=O) groups is 2. The molecule has 1 N–H and O–H groups in total. The van der Waals surface area contributed by atoms with Crippen LogP contribution < -0.4 is 10.9 Å². The Morgan fingerprint density at radius 2 is 1.76 bits per heavy atom. The first-order chi connectivity index (χ1) is 16.3. The van der Waals surface area contributed by atoms with Gasteiger partial charge in [0.15, 0.2) is 11.2 Å². The minimum Gasteiger partial charge on any atom is -0.448 e. The van der Waals surface area contributed by atoms with E-state index in [9.17, 15) is 14.4 Å². The van der Waals surface area contributed by atoms with Crippen molar-refractivity contribution in [2.45, 2.75) is 33.3 Å². The highest BCUT2D eigenvalue weighted by Gasteiger charge is 2.28. The molecule has 2 aromatic carbocycles. The quantitative estimate of drug-likeness (QED) is 0.403. The Morgan fingerprint density at radius 1 is 1.09 bits per heavy atom. The monoisotopic (exact) mass is 475 g/mol. The van der Waals surface area contributed by atoms with E-state index in [4.69, 9.17) is 4.74 Å². The number of carbonyl (C=O) groups excluding carboxylic acids is 2. The number of nitrogens with zero attached hydrogens (tertiary/aromatic N) is 2. The number of rotatable bonds is 6. The molecule has 2 heterocycles. The molecule has 2 aromatic heterocycles. The van der Waals surface area contributed by atoms with Crippen molar-refractivity contribution in [1.82, 2.24) is 9.55 Å². The predicted molar refractivity (Wildman–Crippen MR) is 134 cm³/mol. The number of thiazole rings is 1. The number of fused-ring (bicyclic) bond motifs is 1. The zero-order valence-corrected chi connectivity index (χ0v) is 20.2. The average molecular weight is 476 g/mol. The number of ether oxygens (including phenoxy) is 1. The van der Waals surface area contributed by atoms with E-state index in [1.807, 2.05) is 55.6 Å². The van der Waals surface area contributed by atoms with Crippen LogP contribution >= 0.6 is 11.3 Å². The molecule has 4 aromatic rings. The lowest BCUT2D eigenvalue weighted by Crippen LogP contribution is -2.34. The van der Waals surface area contributed by atoms with Crippen molar-refractivity contribution in [2.24, 2.45) is 7.05 Å². The van der Waals surface area contributed by atoms with Crippen molar-refractivity contribution in [3.8, 4) is 11.1 Å². The Bertz CT molecular complexity index is 1440. The summed E-state index contributed by atoms with van der Waals surface area (Å²) in [5.41, 5.74) is 3.02. The fraction of sp³-hybridized carbons (Fsp3) is 0.231. The van der Waals surface area contributed by atoms with Gasteiger partial charge in [0.2, 0.25) is 0 Å². The van der Waals surface area contributed by atoms with Crippen molar-refractivity contribution >= 4 is 39.1 Å². The zero-order chi connectivity index (χ0) is 24.4. The number of nitrogens with one attached hydrogen (secondary N) is 1. The minimum atomic E-state index is -1.04. The molecule has 0 spiro atoms. The molecule has 0 aliphatic heterocycles. The Kier molecular flexibility index (Phi) is 6.61. The van der Waals surface area contributed by atoms with Crippen LogP contribution in [0.4, 0.5) is 5.13 Å². The number of aromatic nitrogens is 2. The maximum Gasteiger partial charge on any atom is 0.356 e. The minimum absolute atomic E-state index is 0.101. The molecule has 0 saturated heterocycles. The fourth-order valence-electron chi connectivity index (χ4n) is 3.82. The summed E-state index contributed by atoms with van der Waals surface area (Å²) in [6.07, 6.45) is -0.771. The number of hydrogen-bond donors (Lipinski definition) is 1. The molecule has 1 unspecified atom stereocenters. The lowest BCUT2D eigenvalue weighted by molar-refractivity contribution is -0.124. The third-order valence-corrected chi connectivity index (χ3v) is 6.47. The molecule has 0 bridgehead atoms. The smallest absolute Gasteiger partial charge is 0.356 e. The lowest BCUT2D eigenvalue weighted by atomic mass is 9.96. The third-order valence-electron chi connectivity index (χ3n) is 5.60. The largest absolute Gasteiger partial charge is 0.448 e. The summed E-state index contributed by atoms with van der Waals surface area (Å²) in [6.45, 7) is 5.56. The number of amides is 1. The second-order valence-electron chi connectivity index (χ2n) is 8.08. The van der Waals surface area contributed by atoms with E-state index < -0.39 is 18.0 Å². The number of hydrogen-bond acceptors (Lipinski definition) is 6. The molecule has 1 atom stereocenters. The van der Waals surface area contributed by atoms with Gasteiger partial charge in [-0.3, -0.25) is 14.9 Å². The summed E-state index contributed by atoms with van der Waals surface area (Å²) < 4.78 is 6.96. The van der Waals surface area contributed by atoms with Crippen LogP contribution in [0.25, 0.3) is 21.9 Å². The van der Waals surface area contributed by atoms with Crippen molar-refractivity contribution in [3.05, 3.63) is 81.2 Å². The average Bonchev–Trinajstić information content (AvgIpc) is 3.24. The third kappa shape index (κ3) is 4.49. The first-order valence-electron chi connectivity index (χ1n) is 10.9. The van der Waals surface area contributed by atoms with E-state index >= 15 is 0 Å². The number of anilines is 1. The van der Waals surface area contributed by atoms with Gasteiger partial charge in [-0.15, -0.1) is 11.3 Å². The van der Waals surface area contributed by atoms with Gasteiger partial charge >= 0.3 is 5.97 Å². The SMILES string of the molecule is CCC(OC(=O)c1c(-c2ccc(C)cc2)c2ccccc2c(=O)n1C)C(=O)Nc1nc(C)cs1. The first-order valence-corrected chi connectivity index (χ1v) is 11.8. The second-order valence-corrected chi connectivity index (χ2v) is 8.94. The van der Waals surface area contributed by atoms with E-state index in [0.29, 0.717) is 21.5 Å². The van der Waals surface area contributed by atoms with Gasteiger partial charge in [-0.2, -0.15) is 0 Å². The van der Waals surface area contributed by atoms with Gasteiger partial charge < -0.3 is 9.30 Å². The van der Waals surface area contributed by atoms with Gasteiger partial charge in [-0.1, -0.05) is 55.0 Å². The van der Waals surface area contributed by atoms with Crippen LogP contribution in [0, 0.1) is 13.8 Å². The van der Waals surface area contributed by atoms with Crippen LogP contribution in [0.15, 0.2) is 58.7 Å². The molecule has 8 heteroatoms. The lowest BCUT2D eigenvalue weighted by Gasteiger charge is -2.20.